The number of hydrogen-bond donors (Lipinski definition) is 1. The number of nitrogens with one attached hydrogen (secondary N) is 1. The minimum atomic E-state index is 0.0616. The number of rotatable bonds is 5. The number of hydrogen-bond acceptors (Lipinski definition) is 3. The minimum Gasteiger partial charge on any atom is -0.380 e. The normalized spacial score (nSPS) is 24.2. The lowest BCUT2D eigenvalue weighted by atomic mass is 10.1. The van der Waals surface area contributed by atoms with Crippen molar-refractivity contribution >= 4 is 6.03 Å². The van der Waals surface area contributed by atoms with Gasteiger partial charge in [0.15, 0.2) is 0 Å². The number of amides is 2. The second-order valence-corrected chi connectivity index (χ2v) is 7.14. The molecule has 2 aliphatic heterocycles. The van der Waals surface area contributed by atoms with Gasteiger partial charge in [0.1, 0.15) is 0 Å². The Morgan fingerprint density at radius 3 is 2.80 bits per heavy atom. The van der Waals surface area contributed by atoms with Crippen molar-refractivity contribution in [3.63, 3.8) is 0 Å². The summed E-state index contributed by atoms with van der Waals surface area (Å²) in [6, 6.07) is 11.3. The maximum Gasteiger partial charge on any atom is 0.317 e. The van der Waals surface area contributed by atoms with E-state index in [-0.39, 0.29) is 12.1 Å². The van der Waals surface area contributed by atoms with Crippen molar-refractivity contribution in [2.75, 3.05) is 33.4 Å². The van der Waals surface area contributed by atoms with Gasteiger partial charge < -0.3 is 15.0 Å². The Morgan fingerprint density at radius 2 is 2.12 bits per heavy atom. The molecule has 0 aromatic heterocycles. The molecular formula is C20H29N3O2. The molecule has 5 heteroatoms. The van der Waals surface area contributed by atoms with Crippen LogP contribution in [-0.4, -0.2) is 61.3 Å². The summed E-state index contributed by atoms with van der Waals surface area (Å²) in [5, 5.41) is 3.23. The molecule has 0 bridgehead atoms. The van der Waals surface area contributed by atoms with Crippen molar-refractivity contribution in [1.82, 2.24) is 15.1 Å². The molecule has 136 valence electrons. The maximum absolute atomic E-state index is 12.5. The molecule has 1 aromatic rings. The zero-order valence-corrected chi connectivity index (χ0v) is 15.3. The van der Waals surface area contributed by atoms with Gasteiger partial charge in [0.05, 0.1) is 6.61 Å². The summed E-state index contributed by atoms with van der Waals surface area (Å²) in [5.74, 6) is 0. The maximum atomic E-state index is 12.5. The third-order valence-electron chi connectivity index (χ3n) is 5.18. The van der Waals surface area contributed by atoms with Crippen LogP contribution < -0.4 is 5.32 Å². The van der Waals surface area contributed by atoms with Gasteiger partial charge in [-0.05, 0) is 30.9 Å². The van der Waals surface area contributed by atoms with Crippen molar-refractivity contribution < 1.29 is 9.53 Å². The molecule has 0 unspecified atom stereocenters. The number of ether oxygens (including phenoxy) is 1. The molecule has 1 aromatic carbocycles. The topological polar surface area (TPSA) is 44.8 Å². The van der Waals surface area contributed by atoms with E-state index in [1.807, 2.05) is 11.0 Å². The summed E-state index contributed by atoms with van der Waals surface area (Å²) in [6.07, 6.45) is 4.03. The van der Waals surface area contributed by atoms with E-state index in [0.717, 1.165) is 32.5 Å². The largest absolute Gasteiger partial charge is 0.380 e. The number of nitrogens with zero attached hydrogens (tertiary/aromatic N) is 2. The van der Waals surface area contributed by atoms with Gasteiger partial charge in [-0.25, -0.2) is 4.79 Å². The molecule has 0 aliphatic carbocycles. The van der Waals surface area contributed by atoms with E-state index in [1.165, 1.54) is 11.1 Å². The summed E-state index contributed by atoms with van der Waals surface area (Å²) < 4.78 is 5.16. The van der Waals surface area contributed by atoms with Crippen LogP contribution in [0.25, 0.3) is 0 Å². The van der Waals surface area contributed by atoms with Crippen LogP contribution in [0.1, 0.15) is 25.3 Å². The second kappa shape index (κ2) is 8.50. The third kappa shape index (κ3) is 4.83. The van der Waals surface area contributed by atoms with Gasteiger partial charge in [-0.3, -0.25) is 4.90 Å². The van der Waals surface area contributed by atoms with Crippen LogP contribution in [0.15, 0.2) is 42.0 Å². The predicted molar refractivity (Wildman–Crippen MR) is 99.4 cm³/mol. The first-order valence-electron chi connectivity index (χ1n) is 9.16. The van der Waals surface area contributed by atoms with Crippen LogP contribution in [0.3, 0.4) is 0 Å². The van der Waals surface area contributed by atoms with Gasteiger partial charge in [-0.1, -0.05) is 36.4 Å². The molecule has 2 amide bonds. The summed E-state index contributed by atoms with van der Waals surface area (Å²) in [6.45, 7) is 6.24. The Kier molecular flexibility index (Phi) is 6.10. The van der Waals surface area contributed by atoms with E-state index in [9.17, 15) is 4.79 Å². The fourth-order valence-corrected chi connectivity index (χ4v) is 3.72. The van der Waals surface area contributed by atoms with Gasteiger partial charge in [-0.2, -0.15) is 0 Å². The van der Waals surface area contributed by atoms with E-state index in [4.69, 9.17) is 4.74 Å². The zero-order chi connectivity index (χ0) is 17.6. The molecule has 25 heavy (non-hydrogen) atoms. The van der Waals surface area contributed by atoms with E-state index in [0.29, 0.717) is 19.2 Å². The van der Waals surface area contributed by atoms with Crippen molar-refractivity contribution in [3.8, 4) is 0 Å². The molecule has 2 heterocycles. The summed E-state index contributed by atoms with van der Waals surface area (Å²) in [5.41, 5.74) is 2.61. The van der Waals surface area contributed by atoms with Crippen molar-refractivity contribution in [2.24, 2.45) is 0 Å². The Labute approximate surface area is 150 Å². The quantitative estimate of drug-likeness (QED) is 0.836. The van der Waals surface area contributed by atoms with Crippen LogP contribution in [0.2, 0.25) is 0 Å². The molecule has 1 fully saturated rings. The molecule has 0 saturated carbocycles. The molecular weight excluding hydrogens is 314 g/mol. The fraction of sp³-hybridized carbons (Fsp3) is 0.550. The highest BCUT2D eigenvalue weighted by molar-refractivity contribution is 5.75. The second-order valence-electron chi connectivity index (χ2n) is 7.14. The van der Waals surface area contributed by atoms with Gasteiger partial charge in [0, 0.05) is 45.4 Å². The monoisotopic (exact) mass is 343 g/mol. The van der Waals surface area contributed by atoms with Crippen molar-refractivity contribution in [2.45, 2.75) is 38.4 Å². The highest BCUT2D eigenvalue weighted by Crippen LogP contribution is 2.21. The van der Waals surface area contributed by atoms with Crippen LogP contribution >= 0.6 is 0 Å². The standard InChI is InChI=1S/C20H29N3O2/c1-16-12-19(14-23(16)13-17-6-4-3-5-7-17)21-20(24)22-10-8-18(9-11-22)15-25-2/h3-8,16,19H,9-15H2,1-2H3,(H,21,24)/t16-,19+/m0/s1. The number of carbonyl (C=O) groups excluding carboxylic acids is 1. The average molecular weight is 343 g/mol. The first-order valence-corrected chi connectivity index (χ1v) is 9.16. The van der Waals surface area contributed by atoms with Crippen molar-refractivity contribution in [3.05, 3.63) is 47.5 Å². The van der Waals surface area contributed by atoms with E-state index < -0.39 is 0 Å². The van der Waals surface area contributed by atoms with Crippen LogP contribution in [-0.2, 0) is 11.3 Å². The molecule has 0 spiro atoms. The summed E-state index contributed by atoms with van der Waals surface area (Å²) >= 11 is 0. The lowest BCUT2D eigenvalue weighted by Gasteiger charge is -2.28. The molecule has 2 atom stereocenters. The van der Waals surface area contributed by atoms with Crippen LogP contribution in [0.5, 0.6) is 0 Å². The van der Waals surface area contributed by atoms with Crippen LogP contribution in [0.4, 0.5) is 4.79 Å². The minimum absolute atomic E-state index is 0.0616. The highest BCUT2D eigenvalue weighted by Gasteiger charge is 2.31. The van der Waals surface area contributed by atoms with Gasteiger partial charge in [0.25, 0.3) is 0 Å². The van der Waals surface area contributed by atoms with Gasteiger partial charge in [0.2, 0.25) is 0 Å². The lowest BCUT2D eigenvalue weighted by molar-refractivity contribution is 0.190. The number of urea groups is 1. The van der Waals surface area contributed by atoms with E-state index >= 15 is 0 Å². The molecule has 0 radical (unpaired) electrons. The average Bonchev–Trinajstić information content (AvgIpc) is 2.96. The zero-order valence-electron chi connectivity index (χ0n) is 15.3. The number of likely N-dealkylation sites (tertiary alicyclic amines) is 1. The summed E-state index contributed by atoms with van der Waals surface area (Å²) in [4.78, 5) is 16.9. The molecule has 1 N–H and O–H groups in total. The number of benzene rings is 1. The number of carbonyl (C=O) groups is 1. The molecule has 2 aliphatic rings. The SMILES string of the molecule is COCC1=CCN(C(=O)N[C@@H]2C[C@H](C)N(Cc3ccccc3)C2)CC1. The van der Waals surface area contributed by atoms with Crippen molar-refractivity contribution in [1.29, 1.82) is 0 Å². The first-order chi connectivity index (χ1) is 12.2. The molecule has 5 nitrogen and oxygen atoms in total. The smallest absolute Gasteiger partial charge is 0.317 e. The third-order valence-corrected chi connectivity index (χ3v) is 5.18. The van der Waals surface area contributed by atoms with E-state index in [2.05, 4.69) is 47.5 Å². The molecule has 3 rings (SSSR count). The Bertz CT molecular complexity index is 602. The highest BCUT2D eigenvalue weighted by atomic mass is 16.5. The van der Waals surface area contributed by atoms with E-state index in [1.54, 1.807) is 7.11 Å². The Balaban J connectivity index is 1.48. The predicted octanol–water partition coefficient (Wildman–Crippen LogP) is 2.64. The molecule has 1 saturated heterocycles. The summed E-state index contributed by atoms with van der Waals surface area (Å²) in [7, 11) is 1.71. The van der Waals surface area contributed by atoms with Gasteiger partial charge >= 0.3 is 6.03 Å². The van der Waals surface area contributed by atoms with Gasteiger partial charge in [-0.15, -0.1) is 0 Å². The lowest BCUT2D eigenvalue weighted by Crippen LogP contribution is -2.47. The number of methoxy groups -OCH3 is 1. The fourth-order valence-electron chi connectivity index (χ4n) is 3.72. The Hall–Kier alpha value is -1.85. The Morgan fingerprint density at radius 1 is 1.32 bits per heavy atom. The van der Waals surface area contributed by atoms with Crippen LogP contribution in [0, 0.1) is 0 Å². The first kappa shape index (κ1) is 18.0.